The van der Waals surface area contributed by atoms with E-state index < -0.39 is 6.10 Å². The first-order chi connectivity index (χ1) is 9.13. The van der Waals surface area contributed by atoms with Crippen LogP contribution in [0.1, 0.15) is 12.5 Å². The van der Waals surface area contributed by atoms with Gasteiger partial charge in [-0.2, -0.15) is 0 Å². The minimum atomic E-state index is -0.799. The van der Waals surface area contributed by atoms with E-state index in [1.54, 1.807) is 6.92 Å². The van der Waals surface area contributed by atoms with Crippen molar-refractivity contribution in [3.8, 4) is 0 Å². The van der Waals surface area contributed by atoms with Crippen molar-refractivity contribution in [2.45, 2.75) is 19.6 Å². The number of hydrogen-bond donors (Lipinski definition) is 3. The van der Waals surface area contributed by atoms with Gasteiger partial charge < -0.3 is 20.3 Å². The number of aliphatic hydroxyl groups excluding tert-OH is 2. The van der Waals surface area contributed by atoms with Crippen LogP contribution in [0, 0.1) is 5.92 Å². The van der Waals surface area contributed by atoms with Gasteiger partial charge in [0.2, 0.25) is 0 Å². The quantitative estimate of drug-likeness (QED) is 0.591. The maximum absolute atomic E-state index is 11.7. The van der Waals surface area contributed by atoms with Gasteiger partial charge in [-0.3, -0.25) is 4.79 Å². The van der Waals surface area contributed by atoms with Crippen molar-refractivity contribution in [3.63, 3.8) is 0 Å². The van der Waals surface area contributed by atoms with E-state index >= 15 is 0 Å². The first-order valence-electron chi connectivity index (χ1n) is 6.33. The highest BCUT2D eigenvalue weighted by Crippen LogP contribution is 2.04. The zero-order valence-corrected chi connectivity index (χ0v) is 11.1. The van der Waals surface area contributed by atoms with Gasteiger partial charge in [-0.25, -0.2) is 0 Å². The zero-order chi connectivity index (χ0) is 14.1. The SMILES string of the molecule is CC(CNCC(O)CO)C(=O)OCc1ccccc1. The third-order valence-electron chi connectivity index (χ3n) is 2.67. The summed E-state index contributed by atoms with van der Waals surface area (Å²) in [7, 11) is 0. The van der Waals surface area contributed by atoms with Crippen LogP contribution >= 0.6 is 0 Å². The molecule has 1 aromatic carbocycles. The molecule has 0 aromatic heterocycles. The largest absolute Gasteiger partial charge is 0.461 e. The van der Waals surface area contributed by atoms with E-state index in [-0.39, 0.29) is 31.6 Å². The Morgan fingerprint density at radius 3 is 2.63 bits per heavy atom. The van der Waals surface area contributed by atoms with Crippen LogP contribution in [0.4, 0.5) is 0 Å². The second-order valence-corrected chi connectivity index (χ2v) is 4.49. The number of benzene rings is 1. The Morgan fingerprint density at radius 1 is 1.32 bits per heavy atom. The van der Waals surface area contributed by atoms with Gasteiger partial charge in [-0.1, -0.05) is 37.3 Å². The average molecular weight is 267 g/mol. The van der Waals surface area contributed by atoms with Crippen molar-refractivity contribution in [2.75, 3.05) is 19.7 Å². The van der Waals surface area contributed by atoms with Crippen LogP contribution in [0.5, 0.6) is 0 Å². The summed E-state index contributed by atoms with van der Waals surface area (Å²) < 4.78 is 5.18. The van der Waals surface area contributed by atoms with E-state index in [2.05, 4.69) is 5.32 Å². The Bertz CT molecular complexity index is 369. The van der Waals surface area contributed by atoms with Crippen molar-refractivity contribution in [1.29, 1.82) is 0 Å². The molecule has 0 aliphatic carbocycles. The molecule has 1 aromatic rings. The summed E-state index contributed by atoms with van der Waals surface area (Å²) in [6.45, 7) is 2.40. The Balaban J connectivity index is 2.21. The lowest BCUT2D eigenvalue weighted by molar-refractivity contribution is -0.149. The molecule has 5 nitrogen and oxygen atoms in total. The molecule has 106 valence electrons. The average Bonchev–Trinajstić information content (AvgIpc) is 2.45. The van der Waals surface area contributed by atoms with E-state index in [0.29, 0.717) is 6.54 Å². The number of nitrogens with one attached hydrogen (secondary N) is 1. The van der Waals surface area contributed by atoms with Gasteiger partial charge in [0, 0.05) is 13.1 Å². The summed E-state index contributed by atoms with van der Waals surface area (Å²) in [6, 6.07) is 9.49. The molecule has 0 saturated carbocycles. The molecule has 0 fully saturated rings. The van der Waals surface area contributed by atoms with E-state index in [1.165, 1.54) is 0 Å². The smallest absolute Gasteiger partial charge is 0.310 e. The first kappa shape index (κ1) is 15.6. The molecule has 5 heteroatoms. The Labute approximate surface area is 113 Å². The molecule has 0 saturated heterocycles. The van der Waals surface area contributed by atoms with E-state index in [0.717, 1.165) is 5.56 Å². The predicted molar refractivity (Wildman–Crippen MR) is 71.4 cm³/mol. The van der Waals surface area contributed by atoms with Gasteiger partial charge in [0.15, 0.2) is 0 Å². The zero-order valence-electron chi connectivity index (χ0n) is 11.1. The first-order valence-corrected chi connectivity index (χ1v) is 6.33. The monoisotopic (exact) mass is 267 g/mol. The van der Waals surface area contributed by atoms with Gasteiger partial charge in [0.25, 0.3) is 0 Å². The molecule has 1 rings (SSSR count). The molecule has 0 heterocycles. The number of rotatable bonds is 8. The van der Waals surface area contributed by atoms with E-state index in [4.69, 9.17) is 14.9 Å². The second kappa shape index (κ2) is 8.63. The minimum Gasteiger partial charge on any atom is -0.461 e. The second-order valence-electron chi connectivity index (χ2n) is 4.49. The molecule has 0 bridgehead atoms. The molecule has 2 atom stereocenters. The summed E-state index contributed by atoms with van der Waals surface area (Å²) in [4.78, 5) is 11.7. The summed E-state index contributed by atoms with van der Waals surface area (Å²) >= 11 is 0. The van der Waals surface area contributed by atoms with Gasteiger partial charge in [-0.05, 0) is 5.56 Å². The lowest BCUT2D eigenvalue weighted by atomic mass is 10.2. The van der Waals surface area contributed by atoms with Gasteiger partial charge in [0.05, 0.1) is 18.6 Å². The third kappa shape index (κ3) is 6.33. The Morgan fingerprint density at radius 2 is 2.00 bits per heavy atom. The topological polar surface area (TPSA) is 78.8 Å². The highest BCUT2D eigenvalue weighted by molar-refractivity contribution is 5.72. The van der Waals surface area contributed by atoms with Crippen LogP contribution in [0.2, 0.25) is 0 Å². The van der Waals surface area contributed by atoms with Crippen LogP contribution in [0.3, 0.4) is 0 Å². The molecule has 0 aliphatic heterocycles. The Kier molecular flexibility index (Phi) is 7.10. The summed E-state index contributed by atoms with van der Waals surface area (Å²) in [5.41, 5.74) is 0.951. The highest BCUT2D eigenvalue weighted by atomic mass is 16.5. The molecule has 0 amide bonds. The normalized spacial score (nSPS) is 13.8. The minimum absolute atomic E-state index is 0.257. The standard InChI is InChI=1S/C14H21NO4/c1-11(7-15-8-13(17)9-16)14(18)19-10-12-5-3-2-4-6-12/h2-6,11,13,15-17H,7-10H2,1H3. The van der Waals surface area contributed by atoms with Crippen molar-refractivity contribution in [2.24, 2.45) is 5.92 Å². The molecule has 19 heavy (non-hydrogen) atoms. The van der Waals surface area contributed by atoms with Crippen molar-refractivity contribution < 1.29 is 19.7 Å². The highest BCUT2D eigenvalue weighted by Gasteiger charge is 2.14. The number of ether oxygens (including phenoxy) is 1. The molecule has 2 unspecified atom stereocenters. The van der Waals surface area contributed by atoms with Crippen LogP contribution in [-0.4, -0.2) is 42.0 Å². The molecule has 0 aliphatic rings. The fraction of sp³-hybridized carbons (Fsp3) is 0.500. The summed E-state index contributed by atoms with van der Waals surface area (Å²) in [6.07, 6.45) is -0.799. The number of carbonyl (C=O) groups is 1. The molecule has 0 radical (unpaired) electrons. The van der Waals surface area contributed by atoms with Crippen molar-refractivity contribution >= 4 is 5.97 Å². The molecule has 3 N–H and O–H groups in total. The Hall–Kier alpha value is -1.43. The fourth-order valence-electron chi connectivity index (χ4n) is 1.49. The fourth-order valence-corrected chi connectivity index (χ4v) is 1.49. The van der Waals surface area contributed by atoms with Crippen LogP contribution in [0.15, 0.2) is 30.3 Å². The number of carbonyl (C=O) groups excluding carboxylic acids is 1. The van der Waals surface area contributed by atoms with Crippen LogP contribution < -0.4 is 5.32 Å². The lowest BCUT2D eigenvalue weighted by Crippen LogP contribution is -2.34. The molecular weight excluding hydrogens is 246 g/mol. The summed E-state index contributed by atoms with van der Waals surface area (Å²) in [5.74, 6) is -0.579. The van der Waals surface area contributed by atoms with Gasteiger partial charge in [-0.15, -0.1) is 0 Å². The van der Waals surface area contributed by atoms with Crippen LogP contribution in [0.25, 0.3) is 0 Å². The predicted octanol–water partition coefficient (Wildman–Crippen LogP) is 0.309. The van der Waals surface area contributed by atoms with Crippen LogP contribution in [-0.2, 0) is 16.1 Å². The summed E-state index contributed by atoms with van der Waals surface area (Å²) in [5, 5.41) is 20.7. The third-order valence-corrected chi connectivity index (χ3v) is 2.67. The number of aliphatic hydroxyl groups is 2. The lowest BCUT2D eigenvalue weighted by Gasteiger charge is -2.14. The molecule has 0 spiro atoms. The molecular formula is C14H21NO4. The van der Waals surface area contributed by atoms with Gasteiger partial charge >= 0.3 is 5.97 Å². The van der Waals surface area contributed by atoms with E-state index in [9.17, 15) is 4.79 Å². The van der Waals surface area contributed by atoms with Crippen molar-refractivity contribution in [1.82, 2.24) is 5.32 Å². The number of esters is 1. The maximum Gasteiger partial charge on any atom is 0.310 e. The van der Waals surface area contributed by atoms with E-state index in [1.807, 2.05) is 30.3 Å². The maximum atomic E-state index is 11.7. The number of hydrogen-bond acceptors (Lipinski definition) is 5. The van der Waals surface area contributed by atoms with Crippen molar-refractivity contribution in [3.05, 3.63) is 35.9 Å². The van der Waals surface area contributed by atoms with Gasteiger partial charge in [0.1, 0.15) is 6.61 Å².